The zero-order chi connectivity index (χ0) is 14.6. The van der Waals surface area contributed by atoms with Gasteiger partial charge in [0.25, 0.3) is 0 Å². The molecule has 0 saturated heterocycles. The molecule has 2 aromatic rings. The molecule has 104 valence electrons. The largest absolute Gasteiger partial charge is 0.416 e. The van der Waals surface area contributed by atoms with Crippen molar-refractivity contribution in [3.63, 3.8) is 0 Å². The van der Waals surface area contributed by atoms with Crippen LogP contribution in [0.5, 0.6) is 0 Å². The van der Waals surface area contributed by atoms with Gasteiger partial charge in [-0.25, -0.2) is 0 Å². The van der Waals surface area contributed by atoms with E-state index in [2.05, 4.69) is 0 Å². The van der Waals surface area contributed by atoms with Crippen molar-refractivity contribution in [1.82, 2.24) is 0 Å². The Hall–Kier alpha value is -1.39. The first-order valence-electron chi connectivity index (χ1n) is 5.72. The number of benzene rings is 2. The molecule has 0 aromatic heterocycles. The first-order chi connectivity index (χ1) is 9.47. The Morgan fingerprint density at radius 2 is 1.55 bits per heavy atom. The summed E-state index contributed by atoms with van der Waals surface area (Å²) in [6, 6.07) is 14.3. The first kappa shape index (κ1) is 15.0. The molecule has 0 heterocycles. The van der Waals surface area contributed by atoms with Crippen LogP contribution in [0.25, 0.3) is 5.03 Å². The molecule has 0 nitrogen and oxygen atoms in total. The lowest BCUT2D eigenvalue weighted by Gasteiger charge is -2.06. The van der Waals surface area contributed by atoms with Gasteiger partial charge < -0.3 is 0 Å². The summed E-state index contributed by atoms with van der Waals surface area (Å²) in [5.41, 5.74) is 0.216. The van der Waals surface area contributed by atoms with Crippen molar-refractivity contribution < 1.29 is 13.2 Å². The summed E-state index contributed by atoms with van der Waals surface area (Å²) < 4.78 is 37.2. The Morgan fingerprint density at radius 1 is 0.950 bits per heavy atom. The number of halogens is 4. The number of rotatable bonds is 3. The van der Waals surface area contributed by atoms with Gasteiger partial charge in [-0.05, 0) is 35.2 Å². The fourth-order valence-corrected chi connectivity index (χ4v) is 2.44. The van der Waals surface area contributed by atoms with E-state index in [0.717, 1.165) is 17.7 Å². The Bertz CT molecular complexity index is 589. The summed E-state index contributed by atoms with van der Waals surface area (Å²) in [6.45, 7) is 0. The van der Waals surface area contributed by atoms with Gasteiger partial charge in [-0.15, -0.1) is 0 Å². The van der Waals surface area contributed by atoms with Crippen LogP contribution in [0.4, 0.5) is 13.2 Å². The Balaban J connectivity index is 2.08. The maximum Gasteiger partial charge on any atom is 0.416 e. The molecule has 2 rings (SSSR count). The second-order valence-corrected chi connectivity index (χ2v) is 5.32. The van der Waals surface area contributed by atoms with Gasteiger partial charge in [-0.3, -0.25) is 0 Å². The van der Waals surface area contributed by atoms with Gasteiger partial charge >= 0.3 is 6.18 Å². The SMILES string of the molecule is FC(F)(F)c1ccc(S/C=C(/Cl)c2ccccc2)cc1. The van der Waals surface area contributed by atoms with Crippen molar-refractivity contribution >= 4 is 28.4 Å². The van der Waals surface area contributed by atoms with E-state index in [4.69, 9.17) is 11.6 Å². The van der Waals surface area contributed by atoms with E-state index in [1.54, 1.807) is 5.41 Å². The van der Waals surface area contributed by atoms with Gasteiger partial charge in [-0.1, -0.05) is 53.7 Å². The van der Waals surface area contributed by atoms with Crippen LogP contribution in [-0.2, 0) is 6.18 Å². The Morgan fingerprint density at radius 3 is 2.10 bits per heavy atom. The van der Waals surface area contributed by atoms with Crippen molar-refractivity contribution in [3.8, 4) is 0 Å². The summed E-state index contributed by atoms with van der Waals surface area (Å²) >= 11 is 7.40. The van der Waals surface area contributed by atoms with Gasteiger partial charge in [0.05, 0.1) is 10.6 Å². The number of thioether (sulfide) groups is 1. The van der Waals surface area contributed by atoms with Gasteiger partial charge in [-0.2, -0.15) is 13.2 Å². The summed E-state index contributed by atoms with van der Waals surface area (Å²) in [7, 11) is 0. The Labute approximate surface area is 124 Å². The van der Waals surface area contributed by atoms with Gasteiger partial charge in [0.2, 0.25) is 0 Å². The summed E-state index contributed by atoms with van der Waals surface area (Å²) in [6.07, 6.45) is -4.30. The van der Waals surface area contributed by atoms with Crippen LogP contribution >= 0.6 is 23.4 Å². The highest BCUT2D eigenvalue weighted by atomic mass is 35.5. The van der Waals surface area contributed by atoms with Crippen LogP contribution < -0.4 is 0 Å². The van der Waals surface area contributed by atoms with Crippen LogP contribution in [0.2, 0.25) is 0 Å². The molecule has 5 heteroatoms. The van der Waals surface area contributed by atoms with Gasteiger partial charge in [0.15, 0.2) is 0 Å². The molecule has 0 bridgehead atoms. The van der Waals surface area contributed by atoms with E-state index < -0.39 is 11.7 Å². The fraction of sp³-hybridized carbons (Fsp3) is 0.0667. The molecule has 0 aliphatic heterocycles. The lowest BCUT2D eigenvalue weighted by atomic mass is 10.2. The average molecular weight is 315 g/mol. The van der Waals surface area contributed by atoms with Gasteiger partial charge in [0.1, 0.15) is 0 Å². The molecule has 0 spiro atoms. The molecule has 0 N–H and O–H groups in total. The maximum absolute atomic E-state index is 12.4. The number of hydrogen-bond donors (Lipinski definition) is 0. The second-order valence-electron chi connectivity index (χ2n) is 3.97. The molecule has 20 heavy (non-hydrogen) atoms. The molecule has 0 radical (unpaired) electrons. The van der Waals surface area contributed by atoms with Crippen LogP contribution in [0, 0.1) is 0 Å². The summed E-state index contributed by atoms with van der Waals surface area (Å²) in [4.78, 5) is 0.701. The molecule has 0 fully saturated rings. The van der Waals surface area contributed by atoms with Crippen molar-refractivity contribution in [1.29, 1.82) is 0 Å². The van der Waals surface area contributed by atoms with Crippen LogP contribution in [-0.4, -0.2) is 0 Å². The molecule has 0 atom stereocenters. The molecule has 0 saturated carbocycles. The van der Waals surface area contributed by atoms with Crippen LogP contribution in [0.1, 0.15) is 11.1 Å². The first-order valence-corrected chi connectivity index (χ1v) is 6.97. The minimum absolute atomic E-state index is 0.551. The molecule has 0 aliphatic carbocycles. The smallest absolute Gasteiger partial charge is 0.166 e. The second kappa shape index (κ2) is 6.37. The average Bonchev–Trinajstić information content (AvgIpc) is 2.45. The van der Waals surface area contributed by atoms with E-state index in [1.807, 2.05) is 30.3 Å². The third-order valence-corrected chi connectivity index (χ3v) is 3.88. The fourth-order valence-electron chi connectivity index (χ4n) is 1.51. The zero-order valence-corrected chi connectivity index (χ0v) is 11.8. The lowest BCUT2D eigenvalue weighted by molar-refractivity contribution is -0.137. The van der Waals surface area contributed by atoms with Gasteiger partial charge in [0, 0.05) is 4.90 Å². The quantitative estimate of drug-likeness (QED) is 0.623. The van der Waals surface area contributed by atoms with Crippen molar-refractivity contribution in [2.45, 2.75) is 11.1 Å². The molecule has 0 amide bonds. The highest BCUT2D eigenvalue weighted by molar-refractivity contribution is 8.02. The molecule has 2 aromatic carbocycles. The normalized spacial score (nSPS) is 12.5. The third kappa shape index (κ3) is 4.05. The standard InChI is InChI=1S/C15H10ClF3S/c16-14(11-4-2-1-3-5-11)10-20-13-8-6-12(7-9-13)15(17,18)19/h1-10H/b14-10+. The monoisotopic (exact) mass is 314 g/mol. The maximum atomic E-state index is 12.4. The Kier molecular flexibility index (Phi) is 4.78. The topological polar surface area (TPSA) is 0 Å². The highest BCUT2D eigenvalue weighted by Gasteiger charge is 2.29. The third-order valence-electron chi connectivity index (χ3n) is 2.53. The van der Waals surface area contributed by atoms with E-state index in [1.165, 1.54) is 23.9 Å². The summed E-state index contributed by atoms with van der Waals surface area (Å²) in [5, 5.41) is 2.26. The predicted octanol–water partition coefficient (Wildman–Crippen LogP) is 6.03. The number of hydrogen-bond acceptors (Lipinski definition) is 1. The van der Waals surface area contributed by atoms with Crippen molar-refractivity contribution in [3.05, 3.63) is 71.1 Å². The van der Waals surface area contributed by atoms with E-state index in [0.29, 0.717) is 9.93 Å². The van der Waals surface area contributed by atoms with Crippen molar-refractivity contribution in [2.75, 3.05) is 0 Å². The predicted molar refractivity (Wildman–Crippen MR) is 77.6 cm³/mol. The molecule has 0 aliphatic rings. The van der Waals surface area contributed by atoms with E-state index in [9.17, 15) is 13.2 Å². The van der Waals surface area contributed by atoms with E-state index >= 15 is 0 Å². The lowest BCUT2D eigenvalue weighted by Crippen LogP contribution is -2.03. The molecule has 0 unspecified atom stereocenters. The molecular formula is C15H10ClF3S. The van der Waals surface area contributed by atoms with Crippen LogP contribution in [0.15, 0.2) is 64.9 Å². The zero-order valence-electron chi connectivity index (χ0n) is 10.2. The highest BCUT2D eigenvalue weighted by Crippen LogP contribution is 2.32. The van der Waals surface area contributed by atoms with Crippen molar-refractivity contribution in [2.24, 2.45) is 0 Å². The number of alkyl halides is 3. The van der Waals surface area contributed by atoms with E-state index in [-0.39, 0.29) is 0 Å². The summed E-state index contributed by atoms with van der Waals surface area (Å²) in [5.74, 6) is 0. The van der Waals surface area contributed by atoms with Crippen LogP contribution in [0.3, 0.4) is 0 Å². The minimum Gasteiger partial charge on any atom is -0.166 e. The minimum atomic E-state index is -4.30. The molecular weight excluding hydrogens is 305 g/mol.